The molecular formula is C12H14N2O3S. The van der Waals surface area contributed by atoms with Crippen LogP contribution in [0.5, 0.6) is 0 Å². The van der Waals surface area contributed by atoms with Gasteiger partial charge in [-0.15, -0.1) is 0 Å². The highest BCUT2D eigenvalue weighted by Crippen LogP contribution is 2.16. The zero-order chi connectivity index (χ0) is 13.2. The summed E-state index contributed by atoms with van der Waals surface area (Å²) in [5.41, 5.74) is 1.09. The van der Waals surface area contributed by atoms with Gasteiger partial charge >= 0.3 is 0 Å². The largest absolute Gasteiger partial charge is 0.360 e. The Labute approximate surface area is 106 Å². The molecule has 0 aliphatic rings. The van der Waals surface area contributed by atoms with E-state index >= 15 is 0 Å². The molecule has 0 aliphatic carbocycles. The van der Waals surface area contributed by atoms with Crippen LogP contribution in [0.2, 0.25) is 0 Å². The Morgan fingerprint density at radius 2 is 1.94 bits per heavy atom. The molecule has 0 radical (unpaired) electrons. The standard InChI is InChI=1S/C12H14N2O3S/c1-3-10-4-6-11(7-5-10)18(15,16)14-12-8-9(2)17-13-12/h4-8H,3H2,1-2H3,(H,13,14). The SMILES string of the molecule is CCc1ccc(S(=O)(=O)Nc2cc(C)on2)cc1. The van der Waals surface area contributed by atoms with Gasteiger partial charge in [0.05, 0.1) is 4.90 Å². The third-order valence-electron chi connectivity index (χ3n) is 2.51. The predicted molar refractivity (Wildman–Crippen MR) is 67.9 cm³/mol. The highest BCUT2D eigenvalue weighted by atomic mass is 32.2. The molecule has 0 amide bonds. The molecule has 1 aromatic heterocycles. The van der Waals surface area contributed by atoms with Crippen molar-refractivity contribution in [2.24, 2.45) is 0 Å². The van der Waals surface area contributed by atoms with Gasteiger partial charge in [0.25, 0.3) is 10.0 Å². The summed E-state index contributed by atoms with van der Waals surface area (Å²) in [4.78, 5) is 0.209. The molecule has 0 saturated carbocycles. The number of aryl methyl sites for hydroxylation is 2. The smallest absolute Gasteiger partial charge is 0.263 e. The summed E-state index contributed by atoms with van der Waals surface area (Å²) in [6.45, 7) is 3.71. The lowest BCUT2D eigenvalue weighted by atomic mass is 10.2. The number of aromatic nitrogens is 1. The normalized spacial score (nSPS) is 11.4. The van der Waals surface area contributed by atoms with E-state index in [1.165, 1.54) is 6.07 Å². The summed E-state index contributed by atoms with van der Waals surface area (Å²) in [6.07, 6.45) is 0.871. The van der Waals surface area contributed by atoms with Gasteiger partial charge in [-0.2, -0.15) is 0 Å². The zero-order valence-electron chi connectivity index (χ0n) is 10.2. The van der Waals surface area contributed by atoms with Crippen molar-refractivity contribution >= 4 is 15.8 Å². The highest BCUT2D eigenvalue weighted by molar-refractivity contribution is 7.92. The summed E-state index contributed by atoms with van der Waals surface area (Å²) in [6, 6.07) is 8.27. The average molecular weight is 266 g/mol. The van der Waals surface area contributed by atoms with Crippen molar-refractivity contribution in [3.8, 4) is 0 Å². The van der Waals surface area contributed by atoms with Gasteiger partial charge in [0.1, 0.15) is 5.76 Å². The maximum Gasteiger partial charge on any atom is 0.263 e. The van der Waals surface area contributed by atoms with Crippen LogP contribution >= 0.6 is 0 Å². The second-order valence-corrected chi connectivity index (χ2v) is 5.61. The van der Waals surface area contributed by atoms with Crippen molar-refractivity contribution in [1.29, 1.82) is 0 Å². The predicted octanol–water partition coefficient (Wildman–Crippen LogP) is 2.35. The molecule has 0 unspecified atom stereocenters. The van der Waals surface area contributed by atoms with Crippen LogP contribution in [0.4, 0.5) is 5.82 Å². The molecule has 1 aromatic carbocycles. The molecule has 1 heterocycles. The third-order valence-corrected chi connectivity index (χ3v) is 3.88. The molecule has 0 atom stereocenters. The summed E-state index contributed by atoms with van der Waals surface area (Å²) in [5, 5.41) is 3.59. The molecule has 96 valence electrons. The van der Waals surface area contributed by atoms with E-state index in [1.807, 2.05) is 6.92 Å². The molecule has 0 aliphatic heterocycles. The van der Waals surface area contributed by atoms with Crippen molar-refractivity contribution in [3.63, 3.8) is 0 Å². The van der Waals surface area contributed by atoms with Crippen LogP contribution in [0, 0.1) is 6.92 Å². The fourth-order valence-corrected chi connectivity index (χ4v) is 2.50. The van der Waals surface area contributed by atoms with E-state index in [0.29, 0.717) is 5.76 Å². The van der Waals surface area contributed by atoms with Crippen molar-refractivity contribution in [3.05, 3.63) is 41.7 Å². The van der Waals surface area contributed by atoms with Crippen LogP contribution in [0.25, 0.3) is 0 Å². The molecule has 6 heteroatoms. The first-order valence-electron chi connectivity index (χ1n) is 5.56. The van der Waals surface area contributed by atoms with E-state index in [2.05, 4.69) is 9.88 Å². The minimum atomic E-state index is -3.60. The zero-order valence-corrected chi connectivity index (χ0v) is 11.0. The monoisotopic (exact) mass is 266 g/mol. The van der Waals surface area contributed by atoms with E-state index < -0.39 is 10.0 Å². The van der Waals surface area contributed by atoms with Crippen LogP contribution in [0.3, 0.4) is 0 Å². The molecule has 0 bridgehead atoms. The summed E-state index contributed by atoms with van der Waals surface area (Å²) in [5.74, 6) is 0.737. The maximum absolute atomic E-state index is 12.0. The minimum Gasteiger partial charge on any atom is -0.360 e. The second kappa shape index (κ2) is 4.81. The van der Waals surface area contributed by atoms with Gasteiger partial charge in [-0.3, -0.25) is 4.72 Å². The lowest BCUT2D eigenvalue weighted by Gasteiger charge is -2.05. The topological polar surface area (TPSA) is 72.2 Å². The Morgan fingerprint density at radius 3 is 2.44 bits per heavy atom. The minimum absolute atomic E-state index is 0.187. The Bertz CT molecular complexity index is 630. The number of sulfonamides is 1. The van der Waals surface area contributed by atoms with Gasteiger partial charge in [-0.1, -0.05) is 24.2 Å². The van der Waals surface area contributed by atoms with Gasteiger partial charge in [0.2, 0.25) is 0 Å². The lowest BCUT2D eigenvalue weighted by Crippen LogP contribution is -2.13. The van der Waals surface area contributed by atoms with Gasteiger partial charge in [-0.05, 0) is 31.0 Å². The summed E-state index contributed by atoms with van der Waals surface area (Å²) in [7, 11) is -3.60. The number of benzene rings is 1. The summed E-state index contributed by atoms with van der Waals surface area (Å²) < 4.78 is 31.2. The Morgan fingerprint density at radius 1 is 1.28 bits per heavy atom. The molecule has 0 saturated heterocycles. The number of anilines is 1. The van der Waals surface area contributed by atoms with Gasteiger partial charge < -0.3 is 4.52 Å². The second-order valence-electron chi connectivity index (χ2n) is 3.93. The van der Waals surface area contributed by atoms with Gasteiger partial charge in [0.15, 0.2) is 5.82 Å². The fourth-order valence-electron chi connectivity index (χ4n) is 1.52. The number of hydrogen-bond acceptors (Lipinski definition) is 4. The van der Waals surface area contributed by atoms with Crippen molar-refractivity contribution < 1.29 is 12.9 Å². The van der Waals surface area contributed by atoms with Crippen LogP contribution in [-0.2, 0) is 16.4 Å². The van der Waals surface area contributed by atoms with Crippen LogP contribution in [0.1, 0.15) is 18.2 Å². The number of nitrogens with one attached hydrogen (secondary N) is 1. The maximum atomic E-state index is 12.0. The van der Waals surface area contributed by atoms with E-state index in [4.69, 9.17) is 4.52 Å². The first-order chi connectivity index (χ1) is 8.51. The molecule has 18 heavy (non-hydrogen) atoms. The Hall–Kier alpha value is -1.82. The number of nitrogens with zero attached hydrogens (tertiary/aromatic N) is 1. The molecule has 2 rings (SSSR count). The third kappa shape index (κ3) is 2.70. The highest BCUT2D eigenvalue weighted by Gasteiger charge is 2.15. The fraction of sp³-hybridized carbons (Fsp3) is 0.250. The van der Waals surface area contributed by atoms with Crippen LogP contribution in [0.15, 0.2) is 39.8 Å². The van der Waals surface area contributed by atoms with E-state index in [1.54, 1.807) is 31.2 Å². The average Bonchev–Trinajstić information content (AvgIpc) is 2.74. The quantitative estimate of drug-likeness (QED) is 0.922. The van der Waals surface area contributed by atoms with E-state index in [9.17, 15) is 8.42 Å². The van der Waals surface area contributed by atoms with E-state index in [0.717, 1.165) is 12.0 Å². The van der Waals surface area contributed by atoms with Crippen molar-refractivity contribution in [2.45, 2.75) is 25.2 Å². The lowest BCUT2D eigenvalue weighted by molar-refractivity contribution is 0.400. The van der Waals surface area contributed by atoms with E-state index in [-0.39, 0.29) is 10.7 Å². The number of hydrogen-bond donors (Lipinski definition) is 1. The van der Waals surface area contributed by atoms with Crippen LogP contribution < -0.4 is 4.72 Å². The van der Waals surface area contributed by atoms with Gasteiger partial charge in [0, 0.05) is 6.07 Å². The Balaban J connectivity index is 2.24. The summed E-state index contributed by atoms with van der Waals surface area (Å²) >= 11 is 0. The van der Waals surface area contributed by atoms with Crippen molar-refractivity contribution in [1.82, 2.24) is 5.16 Å². The molecular weight excluding hydrogens is 252 g/mol. The van der Waals surface area contributed by atoms with Gasteiger partial charge in [-0.25, -0.2) is 8.42 Å². The van der Waals surface area contributed by atoms with Crippen molar-refractivity contribution in [2.75, 3.05) is 4.72 Å². The molecule has 1 N–H and O–H groups in total. The molecule has 2 aromatic rings. The Kier molecular flexibility index (Phi) is 3.38. The van der Waals surface area contributed by atoms with Crippen LogP contribution in [-0.4, -0.2) is 13.6 Å². The number of rotatable bonds is 4. The first kappa shape index (κ1) is 12.6. The molecule has 0 fully saturated rings. The molecule has 5 nitrogen and oxygen atoms in total. The first-order valence-corrected chi connectivity index (χ1v) is 7.04. The molecule has 0 spiro atoms.